The summed E-state index contributed by atoms with van der Waals surface area (Å²) in [6.07, 6.45) is 30.8. The summed E-state index contributed by atoms with van der Waals surface area (Å²) in [6, 6.07) is 0. The van der Waals surface area contributed by atoms with E-state index in [1.54, 1.807) is 0 Å². The molecule has 0 heterocycles. The van der Waals surface area contributed by atoms with Gasteiger partial charge in [0.2, 0.25) is 0 Å². The Balaban J connectivity index is 4.00. The number of rotatable bonds is 24. The van der Waals surface area contributed by atoms with Crippen molar-refractivity contribution in [1.82, 2.24) is 0 Å². The van der Waals surface area contributed by atoms with Gasteiger partial charge in [0.15, 0.2) is 0 Å². The van der Waals surface area contributed by atoms with Gasteiger partial charge in [-0.15, -0.1) is 0 Å². The fourth-order valence-corrected chi connectivity index (χ4v) is 17.6. The Bertz CT molecular complexity index is 462. The van der Waals surface area contributed by atoms with Crippen molar-refractivity contribution < 1.29 is 7.87 Å². The second-order valence-corrected chi connectivity index (χ2v) is 21.6. The van der Waals surface area contributed by atoms with E-state index >= 15 is 0 Å². The van der Waals surface area contributed by atoms with E-state index in [1.165, 1.54) is 110 Å². The van der Waals surface area contributed by atoms with Crippen LogP contribution < -0.4 is 0 Å². The predicted molar refractivity (Wildman–Crippen MR) is 150 cm³/mol. The molecule has 0 radical (unpaired) electrons. The molecule has 2 nitrogen and oxygen atoms in total. The van der Waals surface area contributed by atoms with Gasteiger partial charge < -0.3 is 0 Å². The number of carbonyl (C=O) groups excluding carboxylic acids is 1. The molecule has 0 aromatic rings. The maximum atomic E-state index is 12.7. The van der Waals surface area contributed by atoms with E-state index in [-0.39, 0.29) is 5.97 Å². The number of hydrogen-bond acceptors (Lipinski definition) is 2. The Morgan fingerprint density at radius 3 is 1.55 bits per heavy atom. The van der Waals surface area contributed by atoms with Gasteiger partial charge in [-0.25, -0.2) is 0 Å². The molecular weight excluding hydrogens is 511 g/mol. The SMILES string of the molecule is CCCCCC=CCC=CCCCCCCCC(=O)[O][Sn]([CH2]CCC)([CH2]CCC)[CH2]CCC. The van der Waals surface area contributed by atoms with Gasteiger partial charge in [0, 0.05) is 0 Å². The average molecular weight is 570 g/mol. The molecule has 0 aliphatic heterocycles. The zero-order valence-corrected chi connectivity index (χ0v) is 25.8. The van der Waals surface area contributed by atoms with Gasteiger partial charge in [-0.1, -0.05) is 31.9 Å². The third kappa shape index (κ3) is 20.8. The average Bonchev–Trinajstić information content (AvgIpc) is 2.82. The minimum atomic E-state index is -2.76. The second-order valence-electron chi connectivity index (χ2n) is 9.95. The Kier molecular flexibility index (Phi) is 24.7. The quantitative estimate of drug-likeness (QED) is 0.0657. The first-order valence-electron chi connectivity index (χ1n) is 14.7. The van der Waals surface area contributed by atoms with Crippen LogP contribution in [0.3, 0.4) is 0 Å². The van der Waals surface area contributed by atoms with E-state index in [1.807, 2.05) is 0 Å². The Hall–Kier alpha value is -0.251. The van der Waals surface area contributed by atoms with Crippen molar-refractivity contribution in [2.24, 2.45) is 0 Å². The van der Waals surface area contributed by atoms with Gasteiger partial charge in [-0.2, -0.15) is 0 Å². The van der Waals surface area contributed by atoms with Crippen molar-refractivity contribution in [2.45, 2.75) is 157 Å². The standard InChI is InChI=1S/C18H32O2.3C4H9.Sn/c1-2-3-4-5-6-7-8-9-10-11-12-13-14-15-16-17-18(19)20;3*1-3-4-2;/h6-7,9-10H,2-5,8,11-17H2,1H3,(H,19,20);3*1,3-4H2,2H3;/q;;;;+1/p-1. The molecule has 0 bridgehead atoms. The molecule has 0 saturated carbocycles. The first-order chi connectivity index (χ1) is 16.1. The molecular formula is C30H58O2Sn. The van der Waals surface area contributed by atoms with E-state index in [4.69, 9.17) is 3.07 Å². The maximum absolute atomic E-state index is 12.7. The van der Waals surface area contributed by atoms with Crippen LogP contribution in [0.2, 0.25) is 13.3 Å². The van der Waals surface area contributed by atoms with Crippen LogP contribution in [0.25, 0.3) is 0 Å². The molecule has 0 aromatic heterocycles. The molecule has 33 heavy (non-hydrogen) atoms. The van der Waals surface area contributed by atoms with E-state index in [0.29, 0.717) is 6.42 Å². The van der Waals surface area contributed by atoms with Gasteiger partial charge in [0.1, 0.15) is 0 Å². The zero-order valence-electron chi connectivity index (χ0n) is 23.0. The Morgan fingerprint density at radius 2 is 1.03 bits per heavy atom. The number of allylic oxidation sites excluding steroid dienone is 4. The summed E-state index contributed by atoms with van der Waals surface area (Å²) in [5, 5.41) is 0. The van der Waals surface area contributed by atoms with Crippen LogP contribution in [0.15, 0.2) is 24.3 Å². The summed E-state index contributed by atoms with van der Waals surface area (Å²) in [4.78, 5) is 12.7. The summed E-state index contributed by atoms with van der Waals surface area (Å²) in [5.41, 5.74) is 0. The van der Waals surface area contributed by atoms with Crippen LogP contribution in [0.4, 0.5) is 0 Å². The molecule has 0 fully saturated rings. The molecule has 0 saturated heterocycles. The molecule has 0 N–H and O–H groups in total. The van der Waals surface area contributed by atoms with Crippen molar-refractivity contribution in [2.75, 3.05) is 0 Å². The number of unbranched alkanes of at least 4 members (excludes halogenated alkanes) is 11. The van der Waals surface area contributed by atoms with Gasteiger partial charge in [-0.05, 0) is 12.8 Å². The third-order valence-electron chi connectivity index (χ3n) is 6.62. The van der Waals surface area contributed by atoms with Crippen LogP contribution in [0.1, 0.15) is 143 Å². The first kappa shape index (κ1) is 32.7. The van der Waals surface area contributed by atoms with Crippen LogP contribution in [0.5, 0.6) is 0 Å². The normalized spacial score (nSPS) is 12.2. The van der Waals surface area contributed by atoms with Crippen molar-refractivity contribution in [3.8, 4) is 0 Å². The minimum absolute atomic E-state index is 0.139. The second kappa shape index (κ2) is 24.9. The monoisotopic (exact) mass is 570 g/mol. The molecule has 0 aliphatic carbocycles. The third-order valence-corrected chi connectivity index (χ3v) is 19.3. The van der Waals surface area contributed by atoms with E-state index in [2.05, 4.69) is 52.0 Å². The molecule has 0 rings (SSSR count). The summed E-state index contributed by atoms with van der Waals surface area (Å²) in [5.74, 6) is 0.139. The van der Waals surface area contributed by atoms with E-state index in [9.17, 15) is 4.79 Å². The molecule has 0 aromatic carbocycles. The molecule has 0 atom stereocenters. The molecule has 0 spiro atoms. The van der Waals surface area contributed by atoms with Gasteiger partial charge >= 0.3 is 169 Å². The molecule has 0 amide bonds. The van der Waals surface area contributed by atoms with Crippen LogP contribution in [0, 0.1) is 0 Å². The molecule has 0 unspecified atom stereocenters. The zero-order chi connectivity index (χ0) is 24.5. The van der Waals surface area contributed by atoms with E-state index < -0.39 is 18.8 Å². The fourth-order valence-electron chi connectivity index (χ4n) is 4.40. The first-order valence-corrected chi connectivity index (χ1v) is 21.9. The van der Waals surface area contributed by atoms with Gasteiger partial charge in [0.25, 0.3) is 0 Å². The summed E-state index contributed by atoms with van der Waals surface area (Å²) < 4.78 is 10.2. The summed E-state index contributed by atoms with van der Waals surface area (Å²) in [7, 11) is 0. The van der Waals surface area contributed by atoms with E-state index in [0.717, 1.165) is 12.8 Å². The number of carbonyl (C=O) groups is 1. The van der Waals surface area contributed by atoms with Crippen molar-refractivity contribution in [1.29, 1.82) is 0 Å². The summed E-state index contributed by atoms with van der Waals surface area (Å²) in [6.45, 7) is 9.05. The van der Waals surface area contributed by atoms with Gasteiger partial charge in [-0.3, -0.25) is 0 Å². The summed E-state index contributed by atoms with van der Waals surface area (Å²) >= 11 is -2.76. The Morgan fingerprint density at radius 1 is 0.576 bits per heavy atom. The van der Waals surface area contributed by atoms with Crippen LogP contribution >= 0.6 is 0 Å². The molecule has 0 aliphatic rings. The topological polar surface area (TPSA) is 26.3 Å². The van der Waals surface area contributed by atoms with Crippen molar-refractivity contribution in [3.05, 3.63) is 24.3 Å². The van der Waals surface area contributed by atoms with Crippen molar-refractivity contribution in [3.63, 3.8) is 0 Å². The van der Waals surface area contributed by atoms with Gasteiger partial charge in [0.05, 0.1) is 0 Å². The van der Waals surface area contributed by atoms with Crippen molar-refractivity contribution >= 4 is 24.8 Å². The van der Waals surface area contributed by atoms with Crippen LogP contribution in [-0.4, -0.2) is 24.8 Å². The molecule has 194 valence electrons. The Labute approximate surface area is 212 Å². The molecule has 3 heteroatoms. The van der Waals surface area contributed by atoms with Crippen LogP contribution in [-0.2, 0) is 7.87 Å². The number of hydrogen-bond donors (Lipinski definition) is 0. The fraction of sp³-hybridized carbons (Fsp3) is 0.833. The predicted octanol–water partition coefficient (Wildman–Crippen LogP) is 10.7.